The SMILES string of the molecule is CCOC(=O)C1=C(C)N=c2s/c(=C/c3ccccc3OCc3ccc(Cl)cc3)c(=O)n2[C@@H]1c1ccc(OC(C)C)cc1. The second kappa shape index (κ2) is 12.8. The Morgan fingerprint density at radius 1 is 1.07 bits per heavy atom. The van der Waals surface area contributed by atoms with Gasteiger partial charge < -0.3 is 14.2 Å². The Hall–Kier alpha value is -4.14. The number of nitrogens with zero attached hydrogens (tertiary/aromatic N) is 2. The molecule has 0 fully saturated rings. The van der Waals surface area contributed by atoms with Gasteiger partial charge in [-0.15, -0.1) is 0 Å². The van der Waals surface area contributed by atoms with Gasteiger partial charge in [0.05, 0.1) is 34.6 Å². The van der Waals surface area contributed by atoms with E-state index in [-0.39, 0.29) is 18.3 Å². The number of thiazole rings is 1. The molecule has 0 saturated heterocycles. The minimum Gasteiger partial charge on any atom is -0.491 e. The third-order valence-corrected chi connectivity index (χ3v) is 7.83. The van der Waals surface area contributed by atoms with E-state index in [1.807, 2.05) is 86.6 Å². The van der Waals surface area contributed by atoms with Gasteiger partial charge in [-0.2, -0.15) is 0 Å². The predicted octanol–water partition coefficient (Wildman–Crippen LogP) is 5.82. The highest BCUT2D eigenvalue weighted by atomic mass is 35.5. The maximum Gasteiger partial charge on any atom is 0.338 e. The minimum atomic E-state index is -0.702. The Bertz CT molecular complexity index is 1800. The van der Waals surface area contributed by atoms with E-state index in [4.69, 9.17) is 25.8 Å². The third kappa shape index (κ3) is 6.35. The van der Waals surface area contributed by atoms with E-state index in [1.54, 1.807) is 24.5 Å². The van der Waals surface area contributed by atoms with E-state index in [0.717, 1.165) is 16.7 Å². The first kappa shape index (κ1) is 29.4. The average molecular weight is 603 g/mol. The highest BCUT2D eigenvalue weighted by Crippen LogP contribution is 2.32. The number of para-hydroxylation sites is 1. The number of hydrogen-bond acceptors (Lipinski definition) is 7. The van der Waals surface area contributed by atoms with Crippen molar-refractivity contribution in [2.75, 3.05) is 6.61 Å². The van der Waals surface area contributed by atoms with Crippen molar-refractivity contribution in [3.05, 3.63) is 125 Å². The van der Waals surface area contributed by atoms with Crippen LogP contribution in [0.1, 0.15) is 50.4 Å². The van der Waals surface area contributed by atoms with Crippen molar-refractivity contribution >= 4 is 35.0 Å². The van der Waals surface area contributed by atoms with E-state index in [1.165, 1.54) is 11.3 Å². The number of halogens is 1. The molecule has 0 radical (unpaired) electrons. The van der Waals surface area contributed by atoms with Gasteiger partial charge in [-0.3, -0.25) is 9.36 Å². The van der Waals surface area contributed by atoms with Crippen LogP contribution in [0.25, 0.3) is 6.08 Å². The summed E-state index contributed by atoms with van der Waals surface area (Å²) in [5.41, 5.74) is 3.07. The molecule has 1 aliphatic rings. The molecule has 0 unspecified atom stereocenters. The number of rotatable bonds is 9. The summed E-state index contributed by atoms with van der Waals surface area (Å²) in [6.45, 7) is 7.99. The Kier molecular flexibility index (Phi) is 8.94. The van der Waals surface area contributed by atoms with Crippen LogP contribution in [0.15, 0.2) is 93.9 Å². The van der Waals surface area contributed by atoms with Crippen LogP contribution in [0, 0.1) is 0 Å². The molecule has 9 heteroatoms. The van der Waals surface area contributed by atoms with Crippen molar-refractivity contribution in [1.29, 1.82) is 0 Å². The van der Waals surface area contributed by atoms with Crippen LogP contribution in [0.2, 0.25) is 5.02 Å². The first-order chi connectivity index (χ1) is 20.2. The Balaban J connectivity index is 1.57. The zero-order valence-electron chi connectivity index (χ0n) is 23.8. The van der Waals surface area contributed by atoms with Crippen molar-refractivity contribution in [1.82, 2.24) is 4.57 Å². The van der Waals surface area contributed by atoms with Gasteiger partial charge in [-0.1, -0.05) is 65.4 Å². The molecule has 1 atom stereocenters. The molecule has 1 aliphatic heterocycles. The number of fused-ring (bicyclic) bond motifs is 1. The molecule has 0 bridgehead atoms. The Morgan fingerprint density at radius 3 is 2.48 bits per heavy atom. The van der Waals surface area contributed by atoms with Crippen molar-refractivity contribution in [2.45, 2.75) is 46.4 Å². The van der Waals surface area contributed by atoms with Gasteiger partial charge in [0.1, 0.15) is 18.1 Å². The number of hydrogen-bond donors (Lipinski definition) is 0. The van der Waals surface area contributed by atoms with Crippen LogP contribution >= 0.6 is 22.9 Å². The molecule has 0 N–H and O–H groups in total. The van der Waals surface area contributed by atoms with Crippen molar-refractivity contribution in [3.63, 3.8) is 0 Å². The smallest absolute Gasteiger partial charge is 0.338 e. The largest absolute Gasteiger partial charge is 0.491 e. The lowest BCUT2D eigenvalue weighted by Gasteiger charge is -2.25. The second-order valence-electron chi connectivity index (χ2n) is 9.99. The first-order valence-corrected chi connectivity index (χ1v) is 14.9. The summed E-state index contributed by atoms with van der Waals surface area (Å²) in [4.78, 5) is 32.3. The fraction of sp³-hybridized carbons (Fsp3) is 0.242. The van der Waals surface area contributed by atoms with Crippen LogP contribution in [0.3, 0.4) is 0 Å². The molecule has 7 nitrogen and oxygen atoms in total. The number of allylic oxidation sites excluding steroid dienone is 1. The fourth-order valence-corrected chi connectivity index (χ4v) is 5.89. The van der Waals surface area contributed by atoms with E-state index >= 15 is 0 Å². The van der Waals surface area contributed by atoms with Crippen LogP contribution in [-0.4, -0.2) is 23.2 Å². The second-order valence-corrected chi connectivity index (χ2v) is 11.4. The van der Waals surface area contributed by atoms with Gasteiger partial charge in [-0.25, -0.2) is 9.79 Å². The first-order valence-electron chi connectivity index (χ1n) is 13.7. The maximum atomic E-state index is 14.0. The number of carbonyl (C=O) groups is 1. The molecule has 0 aliphatic carbocycles. The highest BCUT2D eigenvalue weighted by molar-refractivity contribution is 7.07. The molecular weight excluding hydrogens is 572 g/mol. The monoisotopic (exact) mass is 602 g/mol. The molecule has 0 amide bonds. The molecule has 216 valence electrons. The Morgan fingerprint density at radius 2 is 1.79 bits per heavy atom. The van der Waals surface area contributed by atoms with Crippen LogP contribution in [0.5, 0.6) is 11.5 Å². The number of ether oxygens (including phenoxy) is 3. The normalized spacial score (nSPS) is 14.9. The van der Waals surface area contributed by atoms with E-state index < -0.39 is 12.0 Å². The number of esters is 1. The van der Waals surface area contributed by atoms with Gasteiger partial charge in [0.25, 0.3) is 5.56 Å². The molecule has 4 aromatic rings. The molecule has 5 rings (SSSR count). The fourth-order valence-electron chi connectivity index (χ4n) is 4.72. The number of carbonyl (C=O) groups excluding carboxylic acids is 1. The lowest BCUT2D eigenvalue weighted by atomic mass is 9.96. The standard InChI is InChI=1S/C33H31ClN2O5S/c1-5-39-32(38)29-21(4)35-33-36(30(29)23-12-16-26(17-13-23)41-20(2)3)31(37)28(42-33)18-24-8-6-7-9-27(24)40-19-22-10-14-25(34)15-11-22/h6-18,20,30H,5,19H2,1-4H3/b28-18+/t30-/m1/s1. The summed E-state index contributed by atoms with van der Waals surface area (Å²) < 4.78 is 19.4. The predicted molar refractivity (Wildman–Crippen MR) is 165 cm³/mol. The average Bonchev–Trinajstić information content (AvgIpc) is 3.27. The quantitative estimate of drug-likeness (QED) is 0.226. The van der Waals surface area contributed by atoms with Gasteiger partial charge in [0.2, 0.25) is 0 Å². The molecule has 0 spiro atoms. The summed E-state index contributed by atoms with van der Waals surface area (Å²) in [6, 6.07) is 21.7. The summed E-state index contributed by atoms with van der Waals surface area (Å²) in [6.07, 6.45) is 1.82. The van der Waals surface area contributed by atoms with Gasteiger partial charge in [0, 0.05) is 10.6 Å². The van der Waals surface area contributed by atoms with Crippen LogP contribution in [-0.2, 0) is 16.1 Å². The van der Waals surface area contributed by atoms with Crippen LogP contribution in [0.4, 0.5) is 0 Å². The van der Waals surface area contributed by atoms with E-state index in [9.17, 15) is 9.59 Å². The van der Waals surface area contributed by atoms with Crippen LogP contribution < -0.4 is 24.4 Å². The summed E-state index contributed by atoms with van der Waals surface area (Å²) in [7, 11) is 0. The topological polar surface area (TPSA) is 79.1 Å². The lowest BCUT2D eigenvalue weighted by Crippen LogP contribution is -2.39. The lowest BCUT2D eigenvalue weighted by molar-refractivity contribution is -0.139. The molecule has 42 heavy (non-hydrogen) atoms. The number of aromatic nitrogens is 1. The molecule has 1 aromatic heterocycles. The van der Waals surface area contributed by atoms with E-state index in [0.29, 0.717) is 43.7 Å². The molecular formula is C33H31ClN2O5S. The summed E-state index contributed by atoms with van der Waals surface area (Å²) >= 11 is 7.28. The van der Waals surface area contributed by atoms with Crippen molar-refractivity contribution in [2.24, 2.45) is 4.99 Å². The molecule has 3 aromatic carbocycles. The zero-order chi connectivity index (χ0) is 29.8. The van der Waals surface area contributed by atoms with Crippen molar-refractivity contribution < 1.29 is 19.0 Å². The third-order valence-electron chi connectivity index (χ3n) is 6.60. The zero-order valence-corrected chi connectivity index (χ0v) is 25.4. The summed E-state index contributed by atoms with van der Waals surface area (Å²) in [5.74, 6) is 0.843. The number of benzene rings is 3. The summed E-state index contributed by atoms with van der Waals surface area (Å²) in [5, 5.41) is 0.661. The highest BCUT2D eigenvalue weighted by Gasteiger charge is 2.33. The Labute approximate surface area is 253 Å². The van der Waals surface area contributed by atoms with Crippen molar-refractivity contribution in [3.8, 4) is 11.5 Å². The van der Waals surface area contributed by atoms with Gasteiger partial charge >= 0.3 is 5.97 Å². The molecule has 2 heterocycles. The van der Waals surface area contributed by atoms with Gasteiger partial charge in [0.15, 0.2) is 4.80 Å². The van der Waals surface area contributed by atoms with Gasteiger partial charge in [-0.05, 0) is 75.2 Å². The maximum absolute atomic E-state index is 14.0. The van der Waals surface area contributed by atoms with E-state index in [2.05, 4.69) is 4.99 Å². The molecule has 0 saturated carbocycles. The minimum absolute atomic E-state index is 0.0174.